The van der Waals surface area contributed by atoms with Gasteiger partial charge in [-0.2, -0.15) is 0 Å². The molecule has 0 bridgehead atoms. The summed E-state index contributed by atoms with van der Waals surface area (Å²) < 4.78 is 0. The summed E-state index contributed by atoms with van der Waals surface area (Å²) in [6, 6.07) is 0.514. The van der Waals surface area contributed by atoms with Gasteiger partial charge in [0.2, 0.25) is 0 Å². The second-order valence-electron chi connectivity index (χ2n) is 6.46. The monoisotopic (exact) mass is 280 g/mol. The smallest absolute Gasteiger partial charge is 0.113 e. The highest BCUT2D eigenvalue weighted by molar-refractivity contribution is 7.11. The van der Waals surface area contributed by atoms with Gasteiger partial charge >= 0.3 is 0 Å². The molecule has 1 saturated carbocycles. The predicted molar refractivity (Wildman–Crippen MR) is 83.8 cm³/mol. The molecule has 0 aliphatic heterocycles. The van der Waals surface area contributed by atoms with Crippen LogP contribution in [0.4, 0.5) is 0 Å². The van der Waals surface area contributed by atoms with Crippen LogP contribution in [0, 0.1) is 12.8 Å². The summed E-state index contributed by atoms with van der Waals surface area (Å²) in [5.41, 5.74) is 1.43. The van der Waals surface area contributed by atoms with Crippen molar-refractivity contribution in [1.29, 1.82) is 0 Å². The highest BCUT2D eigenvalue weighted by Gasteiger charge is 2.39. The van der Waals surface area contributed by atoms with E-state index in [1.807, 2.05) is 11.3 Å². The van der Waals surface area contributed by atoms with Crippen LogP contribution in [0.5, 0.6) is 0 Å². The Morgan fingerprint density at radius 2 is 2.21 bits per heavy atom. The predicted octanol–water partition coefficient (Wildman–Crippen LogP) is 4.42. The van der Waals surface area contributed by atoms with E-state index in [0.717, 1.165) is 12.3 Å². The van der Waals surface area contributed by atoms with E-state index in [9.17, 15) is 0 Å². The Morgan fingerprint density at radius 3 is 2.74 bits per heavy atom. The molecule has 19 heavy (non-hydrogen) atoms. The lowest BCUT2D eigenvalue weighted by molar-refractivity contribution is 0.174. The molecule has 108 valence electrons. The van der Waals surface area contributed by atoms with Crippen molar-refractivity contribution in [2.24, 2.45) is 5.92 Å². The lowest BCUT2D eigenvalue weighted by Gasteiger charge is -2.41. The van der Waals surface area contributed by atoms with E-state index >= 15 is 0 Å². The van der Waals surface area contributed by atoms with E-state index in [0.29, 0.717) is 6.04 Å². The van der Waals surface area contributed by atoms with Crippen molar-refractivity contribution in [3.63, 3.8) is 0 Å². The van der Waals surface area contributed by atoms with Crippen molar-refractivity contribution in [3.8, 4) is 0 Å². The molecule has 3 heteroatoms. The topological polar surface area (TPSA) is 24.9 Å². The zero-order chi connectivity index (χ0) is 14.0. The molecule has 1 aliphatic carbocycles. The molecular weight excluding hydrogens is 252 g/mol. The first-order valence-corrected chi connectivity index (χ1v) is 8.53. The third-order valence-electron chi connectivity index (χ3n) is 4.20. The zero-order valence-corrected chi connectivity index (χ0v) is 13.9. The molecule has 2 atom stereocenters. The van der Waals surface area contributed by atoms with Crippen LogP contribution in [0.3, 0.4) is 0 Å². The van der Waals surface area contributed by atoms with Gasteiger partial charge in [-0.1, -0.05) is 26.7 Å². The minimum atomic E-state index is 0.134. The average molecular weight is 280 g/mol. The normalized spacial score (nSPS) is 28.0. The van der Waals surface area contributed by atoms with Crippen LogP contribution in [0.15, 0.2) is 0 Å². The summed E-state index contributed by atoms with van der Waals surface area (Å²) in [4.78, 5) is 6.37. The number of aromatic nitrogens is 1. The fourth-order valence-electron chi connectivity index (χ4n) is 3.45. The van der Waals surface area contributed by atoms with Crippen LogP contribution >= 0.6 is 11.3 Å². The van der Waals surface area contributed by atoms with E-state index in [-0.39, 0.29) is 5.54 Å². The van der Waals surface area contributed by atoms with Gasteiger partial charge in [0.05, 0.1) is 11.2 Å². The maximum atomic E-state index is 4.97. The number of rotatable bonds is 4. The van der Waals surface area contributed by atoms with Gasteiger partial charge < -0.3 is 5.32 Å². The highest BCUT2D eigenvalue weighted by Crippen LogP contribution is 2.42. The number of nitrogens with one attached hydrogen (secondary N) is 1. The molecule has 0 radical (unpaired) electrons. The van der Waals surface area contributed by atoms with Crippen molar-refractivity contribution in [2.45, 2.75) is 78.3 Å². The van der Waals surface area contributed by atoms with Crippen LogP contribution in [-0.2, 0) is 12.0 Å². The van der Waals surface area contributed by atoms with E-state index in [1.165, 1.54) is 41.3 Å². The summed E-state index contributed by atoms with van der Waals surface area (Å²) in [5, 5.41) is 5.19. The summed E-state index contributed by atoms with van der Waals surface area (Å²) >= 11 is 1.91. The van der Waals surface area contributed by atoms with Crippen molar-refractivity contribution in [1.82, 2.24) is 10.3 Å². The number of hydrogen-bond acceptors (Lipinski definition) is 3. The van der Waals surface area contributed by atoms with Crippen LogP contribution < -0.4 is 5.32 Å². The zero-order valence-electron chi connectivity index (χ0n) is 13.0. The first kappa shape index (κ1) is 15.0. The Hall–Kier alpha value is -0.410. The lowest BCUT2D eigenvalue weighted by atomic mass is 9.76. The second-order valence-corrected chi connectivity index (χ2v) is 7.66. The third-order valence-corrected chi connectivity index (χ3v) is 5.42. The van der Waals surface area contributed by atoms with Crippen molar-refractivity contribution in [3.05, 3.63) is 15.6 Å². The summed E-state index contributed by atoms with van der Waals surface area (Å²) in [7, 11) is 0. The number of aryl methyl sites for hydroxylation is 2. The van der Waals surface area contributed by atoms with Gasteiger partial charge in [0.25, 0.3) is 0 Å². The largest absolute Gasteiger partial charge is 0.303 e. The Morgan fingerprint density at radius 1 is 1.47 bits per heavy atom. The van der Waals surface area contributed by atoms with Crippen LogP contribution in [-0.4, -0.2) is 11.0 Å². The second kappa shape index (κ2) is 5.92. The summed E-state index contributed by atoms with van der Waals surface area (Å²) in [5.74, 6) is 0.800. The van der Waals surface area contributed by atoms with Gasteiger partial charge in [0.15, 0.2) is 0 Å². The molecule has 2 rings (SSSR count). The molecule has 2 nitrogen and oxygen atoms in total. The summed E-state index contributed by atoms with van der Waals surface area (Å²) in [6.45, 7) is 11.3. The maximum Gasteiger partial charge on any atom is 0.113 e. The molecule has 1 aromatic heterocycles. The van der Waals surface area contributed by atoms with Crippen molar-refractivity contribution < 1.29 is 0 Å². The molecule has 1 aromatic rings. The van der Waals surface area contributed by atoms with Gasteiger partial charge in [0, 0.05) is 10.9 Å². The Kier molecular flexibility index (Phi) is 4.67. The third kappa shape index (κ3) is 3.19. The molecule has 0 spiro atoms. The number of thiazole rings is 1. The number of nitrogens with zero attached hydrogens (tertiary/aromatic N) is 1. The van der Waals surface area contributed by atoms with Gasteiger partial charge in [-0.3, -0.25) is 0 Å². The molecule has 2 unspecified atom stereocenters. The van der Waals surface area contributed by atoms with Crippen LogP contribution in [0.2, 0.25) is 0 Å². The molecular formula is C16H28N2S. The van der Waals surface area contributed by atoms with Gasteiger partial charge in [-0.25, -0.2) is 4.98 Å². The van der Waals surface area contributed by atoms with Crippen molar-refractivity contribution >= 4 is 11.3 Å². The van der Waals surface area contributed by atoms with E-state index < -0.39 is 0 Å². The Balaban J connectivity index is 2.35. The standard InChI is InChI=1S/C16H28N2S/c1-6-14-13(5)19-15(17-14)16(18-11(2)3)9-7-8-12(4)10-16/h11-12,18H,6-10H2,1-5H3. The maximum absolute atomic E-state index is 4.97. The van der Waals surface area contributed by atoms with Gasteiger partial charge in [-0.15, -0.1) is 11.3 Å². The SMILES string of the molecule is CCc1nc(C2(NC(C)C)CCCC(C)C2)sc1C. The molecule has 0 saturated heterocycles. The number of hydrogen-bond donors (Lipinski definition) is 1. The van der Waals surface area contributed by atoms with Crippen molar-refractivity contribution in [2.75, 3.05) is 0 Å². The average Bonchev–Trinajstić information content (AvgIpc) is 2.70. The molecule has 0 aromatic carbocycles. The molecule has 1 aliphatic rings. The first-order chi connectivity index (χ1) is 8.97. The molecule has 1 fully saturated rings. The Labute approximate surface area is 122 Å². The lowest BCUT2D eigenvalue weighted by Crippen LogP contribution is -2.48. The van der Waals surface area contributed by atoms with Gasteiger partial charge in [0.1, 0.15) is 5.01 Å². The highest BCUT2D eigenvalue weighted by atomic mass is 32.1. The quantitative estimate of drug-likeness (QED) is 0.883. The van der Waals surface area contributed by atoms with Crippen LogP contribution in [0.25, 0.3) is 0 Å². The fraction of sp³-hybridized carbons (Fsp3) is 0.812. The Bertz CT molecular complexity index is 420. The first-order valence-electron chi connectivity index (χ1n) is 7.71. The molecule has 0 amide bonds. The van der Waals surface area contributed by atoms with Crippen LogP contribution in [0.1, 0.15) is 69.0 Å². The molecule has 1 heterocycles. The fourth-order valence-corrected chi connectivity index (χ4v) is 4.65. The minimum Gasteiger partial charge on any atom is -0.303 e. The minimum absolute atomic E-state index is 0.134. The van der Waals surface area contributed by atoms with E-state index in [2.05, 4.69) is 39.9 Å². The summed E-state index contributed by atoms with van der Waals surface area (Å²) in [6.07, 6.45) is 6.22. The van der Waals surface area contributed by atoms with Gasteiger partial charge in [-0.05, 0) is 46.0 Å². The molecule has 1 N–H and O–H groups in total. The van der Waals surface area contributed by atoms with E-state index in [1.54, 1.807) is 0 Å². The van der Waals surface area contributed by atoms with E-state index in [4.69, 9.17) is 4.98 Å².